The van der Waals surface area contributed by atoms with Crippen molar-refractivity contribution in [2.45, 2.75) is 428 Å². The summed E-state index contributed by atoms with van der Waals surface area (Å²) in [6.07, 6.45) is 4.66. The molecule has 0 fully saturated rings. The smallest absolute Gasteiger partial charge is 0.261 e. The summed E-state index contributed by atoms with van der Waals surface area (Å²) in [6.45, 7) is 71.4. The molecule has 0 aliphatic heterocycles. The molecular formula is C125H227NO8. The van der Waals surface area contributed by atoms with Crippen LogP contribution in [0.1, 0.15) is 407 Å². The number of phenolic OH excluding ortho intramolecular Hbond substituents is 2. The minimum atomic E-state index is -0.194. The van der Waals surface area contributed by atoms with E-state index in [9.17, 15) is 9.59 Å². The van der Waals surface area contributed by atoms with Gasteiger partial charge in [0.15, 0.2) is 12.6 Å². The van der Waals surface area contributed by atoms with Crippen LogP contribution in [0, 0.1) is 27.1 Å². The maximum atomic E-state index is 13.0. The monoisotopic (exact) mass is 1870 g/mol. The number of hydrogen-bond acceptors (Lipinski definition) is 8. The summed E-state index contributed by atoms with van der Waals surface area (Å²) in [5, 5.41) is 21.0. The molecule has 0 amide bonds. The first-order chi connectivity index (χ1) is 53.5. The third kappa shape index (κ3) is 74.5. The first-order valence-electron chi connectivity index (χ1n) is 42.0. The normalized spacial score (nSPS) is 10.6. The molecule has 2 atom stereocenters. The van der Waals surface area contributed by atoms with Crippen LogP contribution in [0.2, 0.25) is 0 Å². The predicted molar refractivity (Wildman–Crippen MR) is 623 cm³/mol. The average Bonchev–Trinajstić information content (AvgIpc) is 1.63. The second-order valence-corrected chi connectivity index (χ2v) is 40.6. The number of ether oxygens (including phenoxy) is 4. The van der Waals surface area contributed by atoms with Gasteiger partial charge in [-0.3, -0.25) is 14.2 Å². The number of hydrogen-bond donors (Lipinski definition) is 2. The molecule has 1 aromatic heterocycles. The Morgan fingerprint density at radius 2 is 0.478 bits per heavy atom. The molecule has 134 heavy (non-hydrogen) atoms. The average molecular weight is 1870 g/mol. The fourth-order valence-corrected chi connectivity index (χ4v) is 11.7. The van der Waals surface area contributed by atoms with E-state index in [-0.39, 0.29) is 174 Å². The van der Waals surface area contributed by atoms with Gasteiger partial charge in [-0.2, -0.15) is 0 Å². The van der Waals surface area contributed by atoms with Crippen molar-refractivity contribution < 1.29 is 29.2 Å². The Kier molecular flexibility index (Phi) is 95.2. The van der Waals surface area contributed by atoms with Gasteiger partial charge in [0, 0.05) is 30.5 Å². The second kappa shape index (κ2) is 77.3. The number of benzene rings is 9. The predicted octanol–water partition coefficient (Wildman–Crippen LogP) is 40.5. The lowest BCUT2D eigenvalue weighted by Gasteiger charge is -2.20. The van der Waals surface area contributed by atoms with Crippen LogP contribution in [0.3, 0.4) is 0 Å². The number of phenols is 2. The van der Waals surface area contributed by atoms with Gasteiger partial charge in [0.2, 0.25) is 0 Å². The van der Waals surface area contributed by atoms with E-state index < -0.39 is 0 Å². The van der Waals surface area contributed by atoms with Crippen LogP contribution in [-0.2, 0) is 56.9 Å². The Bertz CT molecular complexity index is 4170. The van der Waals surface area contributed by atoms with Crippen molar-refractivity contribution in [1.82, 2.24) is 4.57 Å². The van der Waals surface area contributed by atoms with Crippen LogP contribution in [0.5, 0.6) is 23.0 Å². The van der Waals surface area contributed by atoms with Crippen molar-refractivity contribution >= 4 is 21.5 Å². The Morgan fingerprint density at radius 3 is 0.687 bits per heavy atom. The van der Waals surface area contributed by atoms with Gasteiger partial charge in [0.1, 0.15) is 23.0 Å². The molecule has 0 radical (unpaired) electrons. The fourth-order valence-electron chi connectivity index (χ4n) is 11.7. The number of nitrogens with zero attached hydrogens (tertiary/aromatic N) is 1. The quantitative estimate of drug-likeness (QED) is 0.103. The van der Waals surface area contributed by atoms with E-state index in [1.807, 2.05) is 125 Å². The van der Waals surface area contributed by atoms with E-state index in [0.29, 0.717) is 74.5 Å². The standard InChI is InChI=1S/C21H23NO2.2C14H22O2.2C11H16O.C11H16.2C10H14.C5H12.18CH4/c1-21(2,3)13-8-14-22-19(23)17-11-6-4-9-15(17)16-10-5-7-12-18(16)20(22)24;2*1-6-15-11(2)16-13-9-7-12(8-10-13)14(3,4)5;2*1-11(2,3)8-9-4-6-10(12)7-5-9;1-11(2,3)9-10-7-5-4-6-8-10;2*1-10(2,3)9-7-5-4-6-8-9;1-5(2,3)4;;;;;;;;;;;;;;;;;;/h4-7,9-12H,8,13-14H2,1-3H3;2*7-11H,6H2,1-5H3;2*4-7,12H,8H2,1-3H3;4-8H,9H2,1-3H3;2*4-8H,1-3H3;1-4H3;18*1H4. The highest BCUT2D eigenvalue weighted by molar-refractivity contribution is 6.05. The molecule has 9 aromatic carbocycles. The van der Waals surface area contributed by atoms with E-state index in [0.717, 1.165) is 54.4 Å². The first-order valence-corrected chi connectivity index (χ1v) is 42.0. The molecule has 0 saturated carbocycles. The molecule has 780 valence electrons. The van der Waals surface area contributed by atoms with Crippen molar-refractivity contribution in [2.24, 2.45) is 27.1 Å². The number of fused-ring (bicyclic) bond motifs is 3. The highest BCUT2D eigenvalue weighted by atomic mass is 16.7. The minimum Gasteiger partial charge on any atom is -0.508 e. The van der Waals surface area contributed by atoms with Crippen LogP contribution in [0.25, 0.3) is 21.5 Å². The van der Waals surface area contributed by atoms with E-state index >= 15 is 0 Å². The van der Waals surface area contributed by atoms with Crippen LogP contribution >= 0.6 is 0 Å². The fraction of sp³-hybridized carbons (Fsp3) is 0.552. The van der Waals surface area contributed by atoms with Gasteiger partial charge in [-0.1, -0.05) is 503 Å². The van der Waals surface area contributed by atoms with Crippen molar-refractivity contribution in [3.63, 3.8) is 0 Å². The number of aromatic hydroxyl groups is 2. The molecule has 0 bridgehead atoms. The molecule has 0 aliphatic carbocycles. The Morgan fingerprint density at radius 1 is 0.269 bits per heavy atom. The van der Waals surface area contributed by atoms with E-state index in [4.69, 9.17) is 29.2 Å². The zero-order chi connectivity index (χ0) is 88.1. The van der Waals surface area contributed by atoms with Gasteiger partial charge in [0.25, 0.3) is 11.1 Å². The van der Waals surface area contributed by atoms with Crippen LogP contribution < -0.4 is 20.6 Å². The van der Waals surface area contributed by atoms with Crippen LogP contribution in [0.15, 0.2) is 246 Å². The van der Waals surface area contributed by atoms with E-state index in [2.05, 4.69) is 309 Å². The van der Waals surface area contributed by atoms with Gasteiger partial charge >= 0.3 is 0 Å². The SMILES string of the molecule is C.C.C.C.C.C.C.C.C.C.C.C.C.C.C.C.C.C.CC(C)(C)C.CC(C)(C)CCCn1c(=O)c2ccccc2c2ccccc2c1=O.CC(C)(C)Cc1ccc(O)cc1.CC(C)(C)Cc1ccc(O)cc1.CC(C)(C)Cc1ccccc1.CC(C)(C)c1ccccc1.CC(C)(C)c1ccccc1.CCOC(C)Oc1ccc(C(C)(C)C)cc1.CCOC(C)Oc1ccc(C(C)(C)C)cc1. The zero-order valence-corrected chi connectivity index (χ0v) is 78.1. The number of rotatable bonds is 14. The third-order valence-electron chi connectivity index (χ3n) is 17.4. The molecule has 9 heteroatoms. The minimum absolute atomic E-state index is 0. The van der Waals surface area contributed by atoms with Gasteiger partial charge < -0.3 is 29.2 Å². The Hall–Kier alpha value is -8.76. The molecule has 9 nitrogen and oxygen atoms in total. The lowest BCUT2D eigenvalue weighted by molar-refractivity contribution is -0.0616. The maximum Gasteiger partial charge on any atom is 0.261 e. The summed E-state index contributed by atoms with van der Waals surface area (Å²) < 4.78 is 23.3. The van der Waals surface area contributed by atoms with E-state index in [1.165, 1.54) is 43.5 Å². The molecule has 10 aromatic rings. The summed E-state index contributed by atoms with van der Waals surface area (Å²) in [6, 6.07) is 77.9. The van der Waals surface area contributed by atoms with Crippen molar-refractivity contribution in [1.29, 1.82) is 0 Å². The van der Waals surface area contributed by atoms with Gasteiger partial charge in [-0.25, -0.2) is 0 Å². The molecule has 10 rings (SSSR count). The molecule has 0 aliphatic rings. The maximum absolute atomic E-state index is 13.0. The number of aromatic nitrogens is 1. The third-order valence-corrected chi connectivity index (χ3v) is 17.4. The Labute approximate surface area is 837 Å². The molecule has 2 unspecified atom stereocenters. The summed E-state index contributed by atoms with van der Waals surface area (Å²) >= 11 is 0. The highest BCUT2D eigenvalue weighted by Gasteiger charge is 2.19. The topological polar surface area (TPSA) is 116 Å². The molecule has 2 N–H and O–H groups in total. The van der Waals surface area contributed by atoms with Crippen molar-refractivity contribution in [2.75, 3.05) is 13.2 Å². The molecule has 0 spiro atoms. The lowest BCUT2D eigenvalue weighted by atomic mass is 9.87. The summed E-state index contributed by atoms with van der Waals surface area (Å²) in [4.78, 5) is 26.0. The summed E-state index contributed by atoms with van der Waals surface area (Å²) in [5.74, 6) is 2.39. The molecule has 1 heterocycles. The van der Waals surface area contributed by atoms with Gasteiger partial charge in [-0.05, 0) is 219 Å². The largest absolute Gasteiger partial charge is 0.508 e. The van der Waals surface area contributed by atoms with Gasteiger partial charge in [-0.15, -0.1) is 0 Å². The second-order valence-electron chi connectivity index (χ2n) is 40.6. The Balaban J connectivity index is -0.0000000769. The first kappa shape index (κ1) is 165. The lowest BCUT2D eigenvalue weighted by Crippen LogP contribution is -2.30. The molecule has 0 saturated heterocycles. The van der Waals surface area contributed by atoms with E-state index in [1.54, 1.807) is 24.3 Å². The highest BCUT2D eigenvalue weighted by Crippen LogP contribution is 2.30. The van der Waals surface area contributed by atoms with Crippen molar-refractivity contribution in [3.8, 4) is 23.0 Å². The van der Waals surface area contributed by atoms with Gasteiger partial charge in [0.05, 0.1) is 0 Å². The molecular weight excluding hydrogens is 1640 g/mol. The van der Waals surface area contributed by atoms with Crippen LogP contribution in [-0.4, -0.2) is 40.6 Å². The summed E-state index contributed by atoms with van der Waals surface area (Å²) in [7, 11) is 0. The van der Waals surface area contributed by atoms with Crippen LogP contribution in [0.4, 0.5) is 0 Å². The zero-order valence-electron chi connectivity index (χ0n) is 78.1. The van der Waals surface area contributed by atoms with Crippen molar-refractivity contribution in [3.05, 3.63) is 296 Å². The summed E-state index contributed by atoms with van der Waals surface area (Å²) in [5.41, 5.74) is 11.7.